The van der Waals surface area contributed by atoms with Crippen molar-refractivity contribution in [3.05, 3.63) is 59.4 Å². The zero-order valence-corrected chi connectivity index (χ0v) is 12.1. The predicted molar refractivity (Wildman–Crippen MR) is 78.6 cm³/mol. The molecule has 1 aromatic heterocycles. The molecule has 0 spiro atoms. The van der Waals surface area contributed by atoms with Crippen molar-refractivity contribution in [3.63, 3.8) is 0 Å². The highest BCUT2D eigenvalue weighted by Crippen LogP contribution is 2.16. The summed E-state index contributed by atoms with van der Waals surface area (Å²) in [6.07, 6.45) is 3.00. The summed E-state index contributed by atoms with van der Waals surface area (Å²) < 4.78 is 26.7. The summed E-state index contributed by atoms with van der Waals surface area (Å²) in [5.41, 5.74) is 1.63. The lowest BCUT2D eigenvalue weighted by atomic mass is 10.1. The number of carbonyl (C=O) groups is 1. The highest BCUT2D eigenvalue weighted by molar-refractivity contribution is 7.91. The summed E-state index contributed by atoms with van der Waals surface area (Å²) in [6.45, 7) is 1.77. The fourth-order valence-corrected chi connectivity index (χ4v) is 3.03. The van der Waals surface area contributed by atoms with Gasteiger partial charge in [0.25, 0.3) is 0 Å². The molecule has 0 aliphatic rings. The van der Waals surface area contributed by atoms with Crippen molar-refractivity contribution in [2.75, 3.05) is 4.72 Å². The number of hydrogen-bond donors (Lipinski definition) is 2. The van der Waals surface area contributed by atoms with Gasteiger partial charge in [-0.3, -0.25) is 9.71 Å². The van der Waals surface area contributed by atoms with Gasteiger partial charge in [-0.25, -0.2) is 13.2 Å². The average molecular weight is 306 g/mol. The minimum absolute atomic E-state index is 0.0558. The first kappa shape index (κ1) is 15.0. The van der Waals surface area contributed by atoms with Crippen molar-refractivity contribution in [2.24, 2.45) is 0 Å². The third kappa shape index (κ3) is 4.03. The monoisotopic (exact) mass is 306 g/mol. The number of rotatable bonds is 5. The molecule has 0 unspecified atom stereocenters. The molecule has 1 heterocycles. The van der Waals surface area contributed by atoms with Crippen LogP contribution in [0, 0.1) is 6.92 Å². The van der Waals surface area contributed by atoms with Crippen LogP contribution in [0.1, 0.15) is 21.5 Å². The van der Waals surface area contributed by atoms with Gasteiger partial charge in [-0.1, -0.05) is 12.1 Å². The van der Waals surface area contributed by atoms with E-state index in [1.54, 1.807) is 25.3 Å². The third-order valence-corrected chi connectivity index (χ3v) is 4.08. The van der Waals surface area contributed by atoms with Crippen LogP contribution in [0.15, 0.2) is 42.7 Å². The number of hydrogen-bond acceptors (Lipinski definition) is 4. The fraction of sp³-hybridized carbons (Fsp3) is 0.143. The summed E-state index contributed by atoms with van der Waals surface area (Å²) in [5, 5.41) is 8.91. The Labute approximate surface area is 122 Å². The number of aromatic carboxylic acids is 1. The van der Waals surface area contributed by atoms with Crippen LogP contribution >= 0.6 is 0 Å². The number of sulfonamides is 1. The molecule has 0 atom stereocenters. The molecule has 1 aromatic carbocycles. The molecule has 0 saturated carbocycles. The highest BCUT2D eigenvalue weighted by atomic mass is 32.2. The lowest BCUT2D eigenvalue weighted by Gasteiger charge is -2.10. The molecule has 0 saturated heterocycles. The van der Waals surface area contributed by atoms with Gasteiger partial charge in [-0.05, 0) is 36.2 Å². The van der Waals surface area contributed by atoms with E-state index in [2.05, 4.69) is 9.71 Å². The van der Waals surface area contributed by atoms with Crippen molar-refractivity contribution in [1.82, 2.24) is 4.98 Å². The summed E-state index contributed by atoms with van der Waals surface area (Å²) in [4.78, 5) is 14.8. The van der Waals surface area contributed by atoms with E-state index in [4.69, 9.17) is 5.11 Å². The Bertz CT molecular complexity index is 772. The first-order chi connectivity index (χ1) is 9.87. The average Bonchev–Trinajstić information content (AvgIpc) is 2.41. The Morgan fingerprint density at radius 1 is 1.33 bits per heavy atom. The topological polar surface area (TPSA) is 96.4 Å². The van der Waals surface area contributed by atoms with Gasteiger partial charge in [0.05, 0.1) is 23.2 Å². The molecule has 0 aliphatic heterocycles. The van der Waals surface area contributed by atoms with Gasteiger partial charge in [0.1, 0.15) is 0 Å². The number of anilines is 1. The van der Waals surface area contributed by atoms with Crippen molar-refractivity contribution < 1.29 is 18.3 Å². The molecule has 21 heavy (non-hydrogen) atoms. The smallest absolute Gasteiger partial charge is 0.335 e. The molecular formula is C14H14N2O4S. The van der Waals surface area contributed by atoms with E-state index in [0.717, 1.165) is 5.56 Å². The number of nitrogens with zero attached hydrogens (tertiary/aromatic N) is 1. The molecule has 0 amide bonds. The Kier molecular flexibility index (Phi) is 4.23. The standard InChI is InChI=1S/C14H14N2O4S/c1-10-5-6-15-8-13(10)16-21(19,20)9-11-3-2-4-12(7-11)14(17)18/h2-8,16H,9H2,1H3,(H,17,18). The van der Waals surface area contributed by atoms with Crippen molar-refractivity contribution >= 4 is 21.7 Å². The second-order valence-corrected chi connectivity index (χ2v) is 6.28. The van der Waals surface area contributed by atoms with E-state index < -0.39 is 16.0 Å². The fourth-order valence-electron chi connectivity index (χ4n) is 1.79. The number of pyridine rings is 1. The SMILES string of the molecule is Cc1ccncc1NS(=O)(=O)Cc1cccc(C(=O)O)c1. The van der Waals surface area contributed by atoms with Crippen LogP contribution in [0.4, 0.5) is 5.69 Å². The first-order valence-corrected chi connectivity index (χ1v) is 7.76. The Morgan fingerprint density at radius 2 is 2.10 bits per heavy atom. The number of benzene rings is 1. The van der Waals surface area contributed by atoms with Gasteiger partial charge in [0, 0.05) is 6.20 Å². The normalized spacial score (nSPS) is 11.1. The summed E-state index contributed by atoms with van der Waals surface area (Å²) >= 11 is 0. The van der Waals surface area contributed by atoms with E-state index in [9.17, 15) is 13.2 Å². The largest absolute Gasteiger partial charge is 0.478 e. The van der Waals surface area contributed by atoms with E-state index in [-0.39, 0.29) is 11.3 Å². The maximum atomic E-state index is 12.1. The van der Waals surface area contributed by atoms with E-state index >= 15 is 0 Å². The van der Waals surface area contributed by atoms with E-state index in [1.807, 2.05) is 0 Å². The van der Waals surface area contributed by atoms with Crippen LogP contribution in [0.2, 0.25) is 0 Å². The van der Waals surface area contributed by atoms with Crippen molar-refractivity contribution in [3.8, 4) is 0 Å². The van der Waals surface area contributed by atoms with Gasteiger partial charge in [0.15, 0.2) is 0 Å². The highest BCUT2D eigenvalue weighted by Gasteiger charge is 2.14. The molecule has 2 N–H and O–H groups in total. The van der Waals surface area contributed by atoms with Crippen LogP contribution in [0.3, 0.4) is 0 Å². The van der Waals surface area contributed by atoms with Crippen LogP contribution < -0.4 is 4.72 Å². The molecule has 2 aromatic rings. The number of aryl methyl sites for hydroxylation is 1. The molecular weight excluding hydrogens is 292 g/mol. The molecule has 0 bridgehead atoms. The van der Waals surface area contributed by atoms with Gasteiger partial charge in [-0.15, -0.1) is 0 Å². The quantitative estimate of drug-likeness (QED) is 0.881. The van der Waals surface area contributed by atoms with E-state index in [0.29, 0.717) is 11.3 Å². The van der Waals surface area contributed by atoms with Crippen LogP contribution in [-0.2, 0) is 15.8 Å². The van der Waals surface area contributed by atoms with Gasteiger partial charge in [-0.2, -0.15) is 0 Å². The van der Waals surface area contributed by atoms with Crippen molar-refractivity contribution in [1.29, 1.82) is 0 Å². The maximum Gasteiger partial charge on any atom is 0.335 e. The van der Waals surface area contributed by atoms with Crippen LogP contribution in [0.5, 0.6) is 0 Å². The minimum Gasteiger partial charge on any atom is -0.478 e. The van der Waals surface area contributed by atoms with Crippen LogP contribution in [-0.4, -0.2) is 24.5 Å². The van der Waals surface area contributed by atoms with Gasteiger partial charge >= 0.3 is 5.97 Å². The molecule has 0 radical (unpaired) electrons. The van der Waals surface area contributed by atoms with Gasteiger partial charge in [0.2, 0.25) is 10.0 Å². The lowest BCUT2D eigenvalue weighted by molar-refractivity contribution is 0.0696. The Hall–Kier alpha value is -2.41. The number of carboxylic acid groups (broad SMARTS) is 1. The molecule has 2 rings (SSSR count). The summed E-state index contributed by atoms with van der Waals surface area (Å²) in [5.74, 6) is -1.40. The second-order valence-electron chi connectivity index (χ2n) is 4.56. The zero-order chi connectivity index (χ0) is 15.5. The molecule has 110 valence electrons. The zero-order valence-electron chi connectivity index (χ0n) is 11.3. The number of aromatic nitrogens is 1. The van der Waals surface area contributed by atoms with E-state index in [1.165, 1.54) is 24.4 Å². The maximum absolute atomic E-state index is 12.1. The minimum atomic E-state index is -3.64. The molecule has 0 aliphatic carbocycles. The molecule has 7 heteroatoms. The summed E-state index contributed by atoms with van der Waals surface area (Å²) in [7, 11) is -3.64. The number of nitrogens with one attached hydrogen (secondary N) is 1. The first-order valence-electron chi connectivity index (χ1n) is 6.11. The van der Waals surface area contributed by atoms with Crippen molar-refractivity contribution in [2.45, 2.75) is 12.7 Å². The second kappa shape index (κ2) is 5.92. The molecule has 0 fully saturated rings. The van der Waals surface area contributed by atoms with Gasteiger partial charge < -0.3 is 5.11 Å². The third-order valence-electron chi connectivity index (χ3n) is 2.84. The summed E-state index contributed by atoms with van der Waals surface area (Å²) in [6, 6.07) is 7.54. The molecule has 6 nitrogen and oxygen atoms in total. The number of carboxylic acids is 1. The lowest BCUT2D eigenvalue weighted by Crippen LogP contribution is -2.16. The predicted octanol–water partition coefficient (Wildman–Crippen LogP) is 2.03. The van der Waals surface area contributed by atoms with Crippen LogP contribution in [0.25, 0.3) is 0 Å². The Balaban J connectivity index is 2.20. The Morgan fingerprint density at radius 3 is 2.76 bits per heavy atom.